The van der Waals surface area contributed by atoms with E-state index in [9.17, 15) is 9.90 Å². The summed E-state index contributed by atoms with van der Waals surface area (Å²) < 4.78 is 5.83. The van der Waals surface area contributed by atoms with Gasteiger partial charge in [-0.3, -0.25) is 4.79 Å². The third-order valence-electron chi connectivity index (χ3n) is 4.65. The van der Waals surface area contributed by atoms with Gasteiger partial charge >= 0.3 is 0 Å². The minimum absolute atomic E-state index is 0.0411. The lowest BCUT2D eigenvalue weighted by molar-refractivity contribution is -0.129. The minimum atomic E-state index is -0.361. The molecule has 2 atom stereocenters. The van der Waals surface area contributed by atoms with Gasteiger partial charge in [-0.1, -0.05) is 30.4 Å². The monoisotopic (exact) mass is 287 g/mol. The number of ether oxygens (including phenoxy) is 1. The average molecular weight is 287 g/mol. The molecule has 4 heteroatoms. The fourth-order valence-corrected chi connectivity index (χ4v) is 3.41. The summed E-state index contributed by atoms with van der Waals surface area (Å²) in [6.45, 7) is 3.66. The average Bonchev–Trinajstić information content (AvgIpc) is 2.93. The van der Waals surface area contributed by atoms with E-state index in [4.69, 9.17) is 4.74 Å². The van der Waals surface area contributed by atoms with Gasteiger partial charge < -0.3 is 14.7 Å². The molecule has 0 saturated carbocycles. The Bertz CT molecular complexity index is 569. The van der Waals surface area contributed by atoms with Crippen molar-refractivity contribution in [2.45, 2.75) is 19.3 Å². The number of carbonyl (C=O) groups is 1. The molecule has 1 aromatic carbocycles. The highest BCUT2D eigenvalue weighted by molar-refractivity contribution is 5.78. The van der Waals surface area contributed by atoms with E-state index in [0.717, 1.165) is 11.3 Å². The van der Waals surface area contributed by atoms with E-state index in [0.29, 0.717) is 26.1 Å². The molecule has 0 aromatic heterocycles. The Morgan fingerprint density at radius 2 is 2.33 bits per heavy atom. The summed E-state index contributed by atoms with van der Waals surface area (Å²) in [5, 5.41) is 9.92. The van der Waals surface area contributed by atoms with E-state index in [1.165, 1.54) is 0 Å². The summed E-state index contributed by atoms with van der Waals surface area (Å²) in [6, 6.07) is 7.94. The number of para-hydroxylation sites is 1. The van der Waals surface area contributed by atoms with Gasteiger partial charge in [0.25, 0.3) is 0 Å². The molecule has 1 N–H and O–H groups in total. The molecule has 1 aromatic rings. The number of hydrogen-bond acceptors (Lipinski definition) is 3. The number of aliphatic hydroxyl groups excluding tert-OH is 1. The van der Waals surface area contributed by atoms with E-state index in [1.807, 2.05) is 48.2 Å². The molecule has 0 unspecified atom stereocenters. The molecule has 0 bridgehead atoms. The second-order valence-corrected chi connectivity index (χ2v) is 5.95. The zero-order chi connectivity index (χ0) is 14.9. The second-order valence-electron chi connectivity index (χ2n) is 5.95. The Hall–Kier alpha value is -1.81. The van der Waals surface area contributed by atoms with E-state index >= 15 is 0 Å². The number of allylic oxidation sites excluding steroid dienone is 1. The summed E-state index contributed by atoms with van der Waals surface area (Å²) in [5.74, 6) is 1.16. The lowest BCUT2D eigenvalue weighted by atomic mass is 9.74. The second kappa shape index (κ2) is 5.53. The molecule has 2 aliphatic rings. The first kappa shape index (κ1) is 14.1. The van der Waals surface area contributed by atoms with Crippen LogP contribution in [0.2, 0.25) is 0 Å². The summed E-state index contributed by atoms with van der Waals surface area (Å²) >= 11 is 0. The van der Waals surface area contributed by atoms with Crippen LogP contribution in [0.1, 0.15) is 24.8 Å². The number of amides is 1. The molecule has 21 heavy (non-hydrogen) atoms. The molecule has 112 valence electrons. The van der Waals surface area contributed by atoms with Gasteiger partial charge in [-0.05, 0) is 18.6 Å². The van der Waals surface area contributed by atoms with Crippen molar-refractivity contribution in [3.8, 4) is 5.75 Å². The predicted molar refractivity (Wildman–Crippen MR) is 80.2 cm³/mol. The van der Waals surface area contributed by atoms with Crippen molar-refractivity contribution in [1.82, 2.24) is 4.90 Å². The van der Waals surface area contributed by atoms with Crippen LogP contribution in [-0.4, -0.2) is 42.2 Å². The van der Waals surface area contributed by atoms with Crippen LogP contribution in [0.25, 0.3) is 0 Å². The van der Waals surface area contributed by atoms with Crippen molar-refractivity contribution in [3.63, 3.8) is 0 Å². The van der Waals surface area contributed by atoms with Crippen LogP contribution < -0.4 is 4.74 Å². The SMILES string of the molecule is CC=CCC(=O)N1C[C@@H]2c3ccccc3OC[C@]2(CO)C1. The van der Waals surface area contributed by atoms with E-state index in [2.05, 4.69) is 0 Å². The number of hydrogen-bond donors (Lipinski definition) is 1. The van der Waals surface area contributed by atoms with Crippen LogP contribution in [0.4, 0.5) is 0 Å². The molecule has 3 rings (SSSR count). The lowest BCUT2D eigenvalue weighted by Gasteiger charge is -2.37. The third kappa shape index (κ3) is 2.33. The number of aliphatic hydroxyl groups is 1. The lowest BCUT2D eigenvalue weighted by Crippen LogP contribution is -2.42. The highest BCUT2D eigenvalue weighted by Crippen LogP contribution is 2.49. The molecular weight excluding hydrogens is 266 g/mol. The molecule has 2 aliphatic heterocycles. The van der Waals surface area contributed by atoms with Gasteiger partial charge in [-0.2, -0.15) is 0 Å². The van der Waals surface area contributed by atoms with Gasteiger partial charge in [-0.25, -0.2) is 0 Å². The quantitative estimate of drug-likeness (QED) is 0.865. The molecule has 0 spiro atoms. The molecule has 0 aliphatic carbocycles. The summed E-state index contributed by atoms with van der Waals surface area (Å²) in [4.78, 5) is 14.1. The van der Waals surface area contributed by atoms with E-state index in [1.54, 1.807) is 0 Å². The van der Waals surface area contributed by atoms with E-state index in [-0.39, 0.29) is 23.8 Å². The smallest absolute Gasteiger partial charge is 0.226 e. The first-order valence-corrected chi connectivity index (χ1v) is 7.42. The Labute approximate surface area is 125 Å². The fourth-order valence-electron chi connectivity index (χ4n) is 3.41. The maximum atomic E-state index is 12.3. The van der Waals surface area contributed by atoms with Crippen LogP contribution in [0.15, 0.2) is 36.4 Å². The molecule has 1 amide bonds. The standard InChI is InChI=1S/C17H21NO3/c1-2-3-8-16(20)18-9-14-13-6-4-5-7-15(13)21-12-17(14,10-18)11-19/h2-7,14,19H,8-12H2,1H3/t14-,17-/m1/s1. The summed E-state index contributed by atoms with van der Waals surface area (Å²) in [5.41, 5.74) is 0.749. The van der Waals surface area contributed by atoms with Crippen LogP contribution >= 0.6 is 0 Å². The Kier molecular flexibility index (Phi) is 3.72. The van der Waals surface area contributed by atoms with Crippen LogP contribution in [0.5, 0.6) is 5.75 Å². The third-order valence-corrected chi connectivity index (χ3v) is 4.65. The Balaban J connectivity index is 1.88. The Morgan fingerprint density at radius 3 is 3.10 bits per heavy atom. The first-order valence-electron chi connectivity index (χ1n) is 7.42. The van der Waals surface area contributed by atoms with Crippen LogP contribution in [0, 0.1) is 5.41 Å². The molecule has 2 heterocycles. The van der Waals surface area contributed by atoms with Crippen LogP contribution in [0.3, 0.4) is 0 Å². The van der Waals surface area contributed by atoms with Crippen molar-refractivity contribution in [3.05, 3.63) is 42.0 Å². The first-order chi connectivity index (χ1) is 10.2. The topological polar surface area (TPSA) is 49.8 Å². The highest BCUT2D eigenvalue weighted by atomic mass is 16.5. The van der Waals surface area contributed by atoms with Crippen molar-refractivity contribution < 1.29 is 14.6 Å². The zero-order valence-electron chi connectivity index (χ0n) is 12.3. The Morgan fingerprint density at radius 1 is 1.52 bits per heavy atom. The maximum absolute atomic E-state index is 12.3. The van der Waals surface area contributed by atoms with Gasteiger partial charge in [0.05, 0.1) is 18.6 Å². The normalized spacial score (nSPS) is 27.3. The molecule has 0 radical (unpaired) electrons. The van der Waals surface area contributed by atoms with Crippen molar-refractivity contribution in [2.75, 3.05) is 26.3 Å². The molecular formula is C17H21NO3. The maximum Gasteiger partial charge on any atom is 0.226 e. The molecule has 4 nitrogen and oxygen atoms in total. The number of nitrogens with zero attached hydrogens (tertiary/aromatic N) is 1. The van der Waals surface area contributed by atoms with Crippen molar-refractivity contribution in [1.29, 1.82) is 0 Å². The number of rotatable bonds is 3. The summed E-state index contributed by atoms with van der Waals surface area (Å²) in [7, 11) is 0. The minimum Gasteiger partial charge on any atom is -0.493 e. The number of likely N-dealkylation sites (tertiary alicyclic amines) is 1. The van der Waals surface area contributed by atoms with Gasteiger partial charge in [-0.15, -0.1) is 0 Å². The van der Waals surface area contributed by atoms with Crippen LogP contribution in [-0.2, 0) is 4.79 Å². The van der Waals surface area contributed by atoms with Gasteiger partial charge in [0.1, 0.15) is 5.75 Å². The largest absolute Gasteiger partial charge is 0.493 e. The highest BCUT2D eigenvalue weighted by Gasteiger charge is 2.51. The fraction of sp³-hybridized carbons (Fsp3) is 0.471. The van der Waals surface area contributed by atoms with Crippen molar-refractivity contribution in [2.24, 2.45) is 5.41 Å². The van der Waals surface area contributed by atoms with Crippen molar-refractivity contribution >= 4 is 5.91 Å². The van der Waals surface area contributed by atoms with Gasteiger partial charge in [0.2, 0.25) is 5.91 Å². The summed E-state index contributed by atoms with van der Waals surface area (Å²) in [6.07, 6.45) is 4.19. The van der Waals surface area contributed by atoms with Gasteiger partial charge in [0, 0.05) is 25.4 Å². The van der Waals surface area contributed by atoms with E-state index < -0.39 is 0 Å². The zero-order valence-corrected chi connectivity index (χ0v) is 12.3. The number of benzene rings is 1. The predicted octanol–water partition coefficient (Wildman–Crippen LogP) is 1.95. The number of carbonyl (C=O) groups excluding carboxylic acids is 1. The molecule has 1 saturated heterocycles. The number of fused-ring (bicyclic) bond motifs is 3. The van der Waals surface area contributed by atoms with Gasteiger partial charge in [0.15, 0.2) is 0 Å². The molecule has 1 fully saturated rings.